The summed E-state index contributed by atoms with van der Waals surface area (Å²) >= 11 is 6.52. The van der Waals surface area contributed by atoms with E-state index >= 15 is 0 Å². The number of hydrogen-bond acceptors (Lipinski definition) is 0. The molecule has 1 rings (SSSR count). The molecule has 2 atom stereocenters. The van der Waals surface area contributed by atoms with Gasteiger partial charge in [-0.05, 0) is 0 Å². The van der Waals surface area contributed by atoms with Gasteiger partial charge in [-0.25, -0.2) is 0 Å². The van der Waals surface area contributed by atoms with Crippen LogP contribution >= 0.6 is 0 Å². The second kappa shape index (κ2) is 5.25. The Balaban J connectivity index is 2.34. The van der Waals surface area contributed by atoms with E-state index in [2.05, 4.69) is 32.0 Å². The molecule has 0 radical (unpaired) electrons. The summed E-state index contributed by atoms with van der Waals surface area (Å²) in [7, 11) is 0. The maximum absolute atomic E-state index is 2.76. The maximum atomic E-state index is 2.76. The zero-order valence-electron chi connectivity index (χ0n) is 5.99. The van der Waals surface area contributed by atoms with Crippen molar-refractivity contribution in [2.24, 2.45) is 11.8 Å². The summed E-state index contributed by atoms with van der Waals surface area (Å²) in [4.78, 5) is 0. The molecule has 3 heteroatoms. The van der Waals surface area contributed by atoms with E-state index in [-0.39, 0.29) is 0 Å². The topological polar surface area (TPSA) is 0 Å². The van der Waals surface area contributed by atoms with Crippen LogP contribution < -0.4 is 0 Å². The molecule has 0 nitrogen and oxygen atoms in total. The Bertz CT molecular complexity index is 82.9. The van der Waals surface area contributed by atoms with Crippen LogP contribution in [0.4, 0.5) is 0 Å². The summed E-state index contributed by atoms with van der Waals surface area (Å²) in [6, 6.07) is 0. The van der Waals surface area contributed by atoms with Crippen molar-refractivity contribution in [3.05, 3.63) is 0 Å². The Hall–Kier alpha value is 1.56. The van der Waals surface area contributed by atoms with Crippen molar-refractivity contribution >= 4 is 47.0 Å². The Morgan fingerprint density at radius 3 is 2.40 bits per heavy atom. The molecule has 1 fully saturated rings. The van der Waals surface area contributed by atoms with Crippen molar-refractivity contribution in [2.45, 2.75) is 27.7 Å². The van der Waals surface area contributed by atoms with Crippen LogP contribution in [0, 0.1) is 11.8 Å². The predicted molar refractivity (Wildman–Crippen MR) is 50.9 cm³/mol. The minimum atomic E-state index is 0.989. The molecule has 0 spiro atoms. The first-order valence-electron chi connectivity index (χ1n) is 3.68. The van der Waals surface area contributed by atoms with Crippen molar-refractivity contribution < 1.29 is 0 Å². The molecule has 1 saturated heterocycles. The zero-order chi connectivity index (χ0) is 7.40. The predicted octanol–water partition coefficient (Wildman–Crippen LogP) is 0.801. The molecule has 2 unspecified atom stereocenters. The molecule has 0 amide bonds. The first-order chi connectivity index (χ1) is 4.88. The van der Waals surface area contributed by atoms with Gasteiger partial charge >= 0.3 is 86.5 Å². The molecule has 60 valence electrons. The van der Waals surface area contributed by atoms with E-state index in [1.54, 1.807) is 10.6 Å². The third kappa shape index (κ3) is 2.55. The van der Waals surface area contributed by atoms with Gasteiger partial charge in [-0.3, -0.25) is 0 Å². The van der Waals surface area contributed by atoms with E-state index in [0.717, 1.165) is 26.8 Å². The Labute approximate surface area is 86.1 Å². The fraction of sp³-hybridized carbons (Fsp3) is 1.00. The van der Waals surface area contributed by atoms with Gasteiger partial charge in [0.15, 0.2) is 0 Å². The van der Waals surface area contributed by atoms with Gasteiger partial charge in [0.25, 0.3) is 0 Å². The second-order valence-electron chi connectivity index (χ2n) is 2.75. The van der Waals surface area contributed by atoms with Crippen LogP contribution in [0.5, 0.6) is 0 Å². The van der Waals surface area contributed by atoms with Crippen LogP contribution in [-0.4, -0.2) is 47.0 Å². The van der Waals surface area contributed by atoms with E-state index in [9.17, 15) is 0 Å². The summed E-state index contributed by atoms with van der Waals surface area (Å²) in [6.45, 7) is 0. The Kier molecular flexibility index (Phi) is 5.06. The third-order valence-corrected chi connectivity index (χ3v) is 6.56. The molecular weight excluding hydrogens is 321 g/mol. The molecular formula is C7H14Se3. The summed E-state index contributed by atoms with van der Waals surface area (Å²) in [5, 5.41) is 5.80. The molecule has 0 aromatic rings. The fourth-order valence-corrected chi connectivity index (χ4v) is 6.83. The Morgan fingerprint density at radius 1 is 1.20 bits per heavy atom. The van der Waals surface area contributed by atoms with E-state index in [1.807, 2.05) is 0 Å². The minimum absolute atomic E-state index is 0.989. The molecule has 0 aromatic carbocycles. The van der Waals surface area contributed by atoms with Crippen molar-refractivity contribution in [3.8, 4) is 0 Å². The molecule has 0 N–H and O–H groups in total. The molecule has 0 saturated carbocycles. The molecule has 10 heavy (non-hydrogen) atoms. The monoisotopic (exact) mass is 338 g/mol. The van der Waals surface area contributed by atoms with Gasteiger partial charge < -0.3 is 0 Å². The van der Waals surface area contributed by atoms with Crippen LogP contribution in [-0.2, 0) is 0 Å². The van der Waals surface area contributed by atoms with Crippen LogP contribution in [0.1, 0.15) is 6.42 Å². The van der Waals surface area contributed by atoms with Crippen LogP contribution in [0.25, 0.3) is 0 Å². The third-order valence-electron chi connectivity index (χ3n) is 2.10. The van der Waals surface area contributed by atoms with Gasteiger partial charge in [0.05, 0.1) is 0 Å². The van der Waals surface area contributed by atoms with Gasteiger partial charge in [0, 0.05) is 0 Å². The Morgan fingerprint density at radius 2 is 1.90 bits per heavy atom. The van der Waals surface area contributed by atoms with Crippen LogP contribution in [0.3, 0.4) is 0 Å². The van der Waals surface area contributed by atoms with Crippen molar-refractivity contribution in [2.75, 3.05) is 0 Å². The van der Waals surface area contributed by atoms with E-state index < -0.39 is 0 Å². The quantitative estimate of drug-likeness (QED) is 0.655. The fourth-order valence-electron chi connectivity index (χ4n) is 1.28. The van der Waals surface area contributed by atoms with Gasteiger partial charge in [0.2, 0.25) is 0 Å². The van der Waals surface area contributed by atoms with Crippen molar-refractivity contribution in [3.63, 3.8) is 0 Å². The van der Waals surface area contributed by atoms with Crippen LogP contribution in [0.15, 0.2) is 0 Å². The number of rotatable bonds is 2. The van der Waals surface area contributed by atoms with Gasteiger partial charge in [-0.15, -0.1) is 0 Å². The summed E-state index contributed by atoms with van der Waals surface area (Å²) in [6.07, 6.45) is 1.51. The molecule has 1 aliphatic rings. The number of hydrogen-bond donors (Lipinski definition) is 0. The first kappa shape index (κ1) is 9.64. The SMILES string of the molecule is [SeH]CC1CC[Se]CC1C[SeH]. The average Bonchev–Trinajstić information content (AvgIpc) is 2.04. The van der Waals surface area contributed by atoms with Gasteiger partial charge in [-0.1, -0.05) is 0 Å². The molecule has 0 aliphatic carbocycles. The van der Waals surface area contributed by atoms with Crippen molar-refractivity contribution in [1.82, 2.24) is 0 Å². The van der Waals surface area contributed by atoms with Crippen molar-refractivity contribution in [1.29, 1.82) is 0 Å². The van der Waals surface area contributed by atoms with Crippen LogP contribution in [0.2, 0.25) is 21.3 Å². The first-order valence-corrected chi connectivity index (χ1v) is 8.75. The molecule has 0 aromatic heterocycles. The molecule has 0 bridgehead atoms. The standard InChI is InChI=1S/C7H14Se3/c8-3-6-1-2-10-5-7(6)4-9/h6-9H,1-5H2. The summed E-state index contributed by atoms with van der Waals surface area (Å²) < 4.78 is 0. The second-order valence-corrected chi connectivity index (χ2v) is 6.69. The summed E-state index contributed by atoms with van der Waals surface area (Å²) in [5.74, 6) is 2.09. The molecule has 1 heterocycles. The van der Waals surface area contributed by atoms with Gasteiger partial charge in [-0.2, -0.15) is 0 Å². The van der Waals surface area contributed by atoms with E-state index in [0.29, 0.717) is 0 Å². The zero-order valence-corrected chi connectivity index (χ0v) is 11.5. The summed E-state index contributed by atoms with van der Waals surface area (Å²) in [5.41, 5.74) is 0. The van der Waals surface area contributed by atoms with E-state index in [4.69, 9.17) is 0 Å². The molecule has 1 aliphatic heterocycles. The normalized spacial score (nSPS) is 34.2. The van der Waals surface area contributed by atoms with Gasteiger partial charge in [0.1, 0.15) is 0 Å². The average molecular weight is 335 g/mol. The van der Waals surface area contributed by atoms with E-state index in [1.165, 1.54) is 17.1 Å².